The number of thiazole rings is 1. The normalized spacial score (nSPS) is 22.6. The number of nitrogens with zero attached hydrogens (tertiary/aromatic N) is 4. The lowest BCUT2D eigenvalue weighted by Crippen LogP contribution is -2.54. The molecule has 0 spiro atoms. The Bertz CT molecular complexity index is 1530. The zero-order valence-corrected chi connectivity index (χ0v) is 25.8. The molecule has 2 N–H and O–H groups in total. The van der Waals surface area contributed by atoms with Gasteiger partial charge in [0, 0.05) is 50.8 Å². The number of imidazole rings is 1. The molecule has 6 rings (SSSR count). The summed E-state index contributed by atoms with van der Waals surface area (Å²) < 4.78 is 14.8. The first-order valence-corrected chi connectivity index (χ1v) is 16.2. The molecular formula is C33H41N5O4S. The standard InChI is InChI=1S/C33H41N5O4S/c1-3-29-36-26-19-25(12-13-27(26)43-29)42-18-14-24-20-34-16-17-37(24)32(39)30-31(23-9-5-4-6-10-23)38(22-35-30)28-11-7-8-15-33(28,40)21-41-2/h4-6,9-10,12-13,19,22,24,28,34,40H,3,7-8,11,14-18,20-21H2,1-2H3/t24-,28-,33-/m1/s1. The average Bonchev–Trinajstić information content (AvgIpc) is 3.66. The highest BCUT2D eigenvalue weighted by molar-refractivity contribution is 7.18. The van der Waals surface area contributed by atoms with Crippen LogP contribution in [0.1, 0.15) is 60.6 Å². The Balaban J connectivity index is 1.23. The van der Waals surface area contributed by atoms with Crippen LogP contribution in [0.4, 0.5) is 0 Å². The van der Waals surface area contributed by atoms with E-state index in [1.54, 1.807) is 24.8 Å². The minimum Gasteiger partial charge on any atom is -0.493 e. The van der Waals surface area contributed by atoms with Gasteiger partial charge in [-0.05, 0) is 31.4 Å². The Labute approximate surface area is 256 Å². The molecular weight excluding hydrogens is 562 g/mol. The van der Waals surface area contributed by atoms with Crippen molar-refractivity contribution in [1.29, 1.82) is 0 Å². The number of methoxy groups -OCH3 is 1. The van der Waals surface area contributed by atoms with E-state index in [0.717, 1.165) is 59.8 Å². The number of aliphatic hydroxyl groups is 1. The molecule has 0 unspecified atom stereocenters. The van der Waals surface area contributed by atoms with Crippen molar-refractivity contribution < 1.29 is 19.4 Å². The summed E-state index contributed by atoms with van der Waals surface area (Å²) in [6, 6.07) is 15.7. The Morgan fingerprint density at radius 2 is 2.07 bits per heavy atom. The van der Waals surface area contributed by atoms with Crippen LogP contribution in [0.25, 0.3) is 21.5 Å². The van der Waals surface area contributed by atoms with E-state index >= 15 is 0 Å². The number of hydrogen-bond acceptors (Lipinski definition) is 8. The summed E-state index contributed by atoms with van der Waals surface area (Å²) in [7, 11) is 1.62. The molecule has 1 aliphatic carbocycles. The zero-order valence-electron chi connectivity index (χ0n) is 25.0. The SMILES string of the molecule is CCc1nc2cc(OCC[C@@H]3CNCCN3C(=O)c3ncn([C@@H]4CCCC[C@@]4(O)COC)c3-c3ccccc3)ccc2s1. The smallest absolute Gasteiger partial charge is 0.275 e. The highest BCUT2D eigenvalue weighted by Crippen LogP contribution is 2.41. The molecule has 2 aliphatic rings. The van der Waals surface area contributed by atoms with E-state index < -0.39 is 5.60 Å². The highest BCUT2D eigenvalue weighted by Gasteiger charge is 2.42. The third-order valence-corrected chi connectivity index (χ3v) is 9.95. The first-order chi connectivity index (χ1) is 21.0. The number of aryl methyl sites for hydroxylation is 1. The first-order valence-electron chi connectivity index (χ1n) is 15.4. The van der Waals surface area contributed by atoms with Gasteiger partial charge in [0.25, 0.3) is 5.91 Å². The van der Waals surface area contributed by atoms with Gasteiger partial charge in [-0.25, -0.2) is 9.97 Å². The second kappa shape index (κ2) is 13.1. The van der Waals surface area contributed by atoms with Gasteiger partial charge in [-0.3, -0.25) is 4.79 Å². The third kappa shape index (κ3) is 6.20. The summed E-state index contributed by atoms with van der Waals surface area (Å²) in [4.78, 5) is 25.6. The topological polar surface area (TPSA) is 102 Å². The molecule has 9 nitrogen and oxygen atoms in total. The molecule has 43 heavy (non-hydrogen) atoms. The summed E-state index contributed by atoms with van der Waals surface area (Å²) in [5, 5.41) is 16.2. The van der Waals surface area contributed by atoms with Crippen molar-refractivity contribution in [3.8, 4) is 17.0 Å². The van der Waals surface area contributed by atoms with E-state index in [1.807, 2.05) is 51.9 Å². The van der Waals surface area contributed by atoms with Crippen molar-refractivity contribution in [2.75, 3.05) is 40.0 Å². The van der Waals surface area contributed by atoms with Crippen LogP contribution in [0.5, 0.6) is 5.75 Å². The molecule has 4 aromatic rings. The zero-order chi connectivity index (χ0) is 29.8. The van der Waals surface area contributed by atoms with Gasteiger partial charge in [-0.1, -0.05) is 50.1 Å². The summed E-state index contributed by atoms with van der Waals surface area (Å²) in [5.41, 5.74) is 2.03. The molecule has 0 bridgehead atoms. The van der Waals surface area contributed by atoms with E-state index in [4.69, 9.17) is 19.4 Å². The molecule has 3 atom stereocenters. The van der Waals surface area contributed by atoms with E-state index in [0.29, 0.717) is 38.2 Å². The molecule has 0 radical (unpaired) electrons. The molecule has 1 aliphatic heterocycles. The fraction of sp³-hybridized carbons (Fsp3) is 0.485. The van der Waals surface area contributed by atoms with Gasteiger partial charge in [0.1, 0.15) is 11.4 Å². The number of rotatable bonds is 10. The molecule has 2 aromatic heterocycles. The van der Waals surface area contributed by atoms with Crippen molar-refractivity contribution in [3.05, 3.63) is 65.6 Å². The van der Waals surface area contributed by atoms with Gasteiger partial charge >= 0.3 is 0 Å². The van der Waals surface area contributed by atoms with Gasteiger partial charge in [-0.15, -0.1) is 11.3 Å². The molecule has 228 valence electrons. The second-order valence-electron chi connectivity index (χ2n) is 11.6. The van der Waals surface area contributed by atoms with E-state index in [1.165, 1.54) is 4.70 Å². The van der Waals surface area contributed by atoms with Gasteiger partial charge < -0.3 is 29.4 Å². The van der Waals surface area contributed by atoms with Crippen LogP contribution in [-0.2, 0) is 11.2 Å². The molecule has 3 heterocycles. The predicted octanol–water partition coefficient (Wildman–Crippen LogP) is 5.10. The molecule has 2 fully saturated rings. The summed E-state index contributed by atoms with van der Waals surface area (Å²) >= 11 is 1.72. The minimum absolute atomic E-state index is 0.0372. The number of piperazine rings is 1. The predicted molar refractivity (Wildman–Crippen MR) is 169 cm³/mol. The Morgan fingerprint density at radius 3 is 2.88 bits per heavy atom. The number of hydrogen-bond donors (Lipinski definition) is 2. The van der Waals surface area contributed by atoms with Crippen molar-refractivity contribution >= 4 is 27.5 Å². The van der Waals surface area contributed by atoms with E-state index in [9.17, 15) is 9.90 Å². The van der Waals surface area contributed by atoms with Crippen molar-refractivity contribution in [2.24, 2.45) is 0 Å². The van der Waals surface area contributed by atoms with Crippen molar-refractivity contribution in [1.82, 2.24) is 24.8 Å². The number of amides is 1. The van der Waals surface area contributed by atoms with Crippen molar-refractivity contribution in [2.45, 2.75) is 63.1 Å². The monoisotopic (exact) mass is 603 g/mol. The van der Waals surface area contributed by atoms with Gasteiger partial charge in [0.2, 0.25) is 0 Å². The van der Waals surface area contributed by atoms with Crippen LogP contribution in [0.3, 0.4) is 0 Å². The molecule has 1 saturated heterocycles. The number of fused-ring (bicyclic) bond motifs is 1. The summed E-state index contributed by atoms with van der Waals surface area (Å²) in [5.74, 6) is 0.703. The fourth-order valence-electron chi connectivity index (χ4n) is 6.59. The Hall–Kier alpha value is -3.31. The molecule has 1 amide bonds. The first kappa shape index (κ1) is 29.7. The minimum atomic E-state index is -1.02. The van der Waals surface area contributed by atoms with Crippen LogP contribution >= 0.6 is 11.3 Å². The number of ether oxygens (including phenoxy) is 2. The molecule has 10 heteroatoms. The van der Waals surface area contributed by atoms with E-state index in [-0.39, 0.29) is 24.6 Å². The lowest BCUT2D eigenvalue weighted by Gasteiger charge is -2.41. The number of benzene rings is 2. The summed E-state index contributed by atoms with van der Waals surface area (Å²) in [6.45, 7) is 4.84. The van der Waals surface area contributed by atoms with Crippen LogP contribution in [0.15, 0.2) is 54.9 Å². The van der Waals surface area contributed by atoms with Gasteiger partial charge in [-0.2, -0.15) is 0 Å². The summed E-state index contributed by atoms with van der Waals surface area (Å²) in [6.07, 6.45) is 6.74. The second-order valence-corrected chi connectivity index (χ2v) is 12.7. The van der Waals surface area contributed by atoms with Crippen molar-refractivity contribution in [3.63, 3.8) is 0 Å². The number of aromatic nitrogens is 3. The third-order valence-electron chi connectivity index (χ3n) is 8.77. The average molecular weight is 604 g/mol. The maximum absolute atomic E-state index is 14.3. The molecule has 2 aromatic carbocycles. The van der Waals surface area contributed by atoms with E-state index in [2.05, 4.69) is 18.3 Å². The number of carbonyl (C=O) groups is 1. The van der Waals surface area contributed by atoms with Crippen LogP contribution < -0.4 is 10.1 Å². The largest absolute Gasteiger partial charge is 0.493 e. The lowest BCUT2D eigenvalue weighted by molar-refractivity contribution is -0.0893. The number of nitrogens with one attached hydrogen (secondary N) is 1. The number of carbonyl (C=O) groups excluding carboxylic acids is 1. The molecule has 1 saturated carbocycles. The Morgan fingerprint density at radius 1 is 1.21 bits per heavy atom. The maximum Gasteiger partial charge on any atom is 0.275 e. The van der Waals surface area contributed by atoms with Gasteiger partial charge in [0.05, 0.1) is 46.5 Å². The van der Waals surface area contributed by atoms with Crippen LogP contribution in [-0.4, -0.2) is 82.0 Å². The highest BCUT2D eigenvalue weighted by atomic mass is 32.1. The Kier molecular flexibility index (Phi) is 9.09. The fourth-order valence-corrected chi connectivity index (χ4v) is 7.47. The van der Waals surface area contributed by atoms with Crippen LogP contribution in [0, 0.1) is 0 Å². The lowest BCUT2D eigenvalue weighted by atomic mass is 9.80. The van der Waals surface area contributed by atoms with Crippen LogP contribution in [0.2, 0.25) is 0 Å². The quantitative estimate of drug-likeness (QED) is 0.260. The maximum atomic E-state index is 14.3. The van der Waals surface area contributed by atoms with Gasteiger partial charge in [0.15, 0.2) is 5.69 Å².